The van der Waals surface area contributed by atoms with E-state index in [1.807, 2.05) is 30.3 Å². The lowest BCUT2D eigenvalue weighted by Gasteiger charge is -2.42. The molecule has 0 spiro atoms. The highest BCUT2D eigenvalue weighted by atomic mass is 16.2. The highest BCUT2D eigenvalue weighted by Crippen LogP contribution is 2.28. The molecule has 0 aromatic heterocycles. The molecule has 0 radical (unpaired) electrons. The van der Waals surface area contributed by atoms with Crippen LogP contribution in [0.15, 0.2) is 91.0 Å². The van der Waals surface area contributed by atoms with E-state index in [0.29, 0.717) is 6.54 Å². The van der Waals surface area contributed by atoms with Gasteiger partial charge in [0.25, 0.3) is 0 Å². The van der Waals surface area contributed by atoms with Gasteiger partial charge in [-0.3, -0.25) is 10.1 Å². The van der Waals surface area contributed by atoms with E-state index >= 15 is 0 Å². The molecule has 2 N–H and O–H groups in total. The lowest BCUT2D eigenvalue weighted by molar-refractivity contribution is -0.131. The summed E-state index contributed by atoms with van der Waals surface area (Å²) in [5.41, 5.74) is 3.70. The molecular formula is C26H27N3O. The second kappa shape index (κ2) is 8.42. The highest BCUT2D eigenvalue weighted by Gasteiger charge is 2.46. The Balaban J connectivity index is 1.41. The number of hydrogen-bond acceptors (Lipinski definition) is 3. The van der Waals surface area contributed by atoms with Crippen LogP contribution in [0.2, 0.25) is 0 Å². The Morgan fingerprint density at radius 3 is 1.93 bits per heavy atom. The van der Waals surface area contributed by atoms with Gasteiger partial charge in [-0.1, -0.05) is 91.0 Å². The van der Waals surface area contributed by atoms with Crippen molar-refractivity contribution in [3.63, 3.8) is 0 Å². The average molecular weight is 398 g/mol. The standard InChI is InChI=1S/C26H27N3O/c30-26-23(17-20-12-6-2-7-13-20)28-25-22(16-19-10-4-1-5-11-19)27-24(18-29(25)26)21-14-8-3-9-15-21/h1-15,22-25,27-28H,16-18H2. The Kier molecular flexibility index (Phi) is 5.35. The molecule has 2 aliphatic heterocycles. The molecule has 0 saturated carbocycles. The lowest BCUT2D eigenvalue weighted by atomic mass is 9.96. The van der Waals surface area contributed by atoms with Crippen LogP contribution in [0, 0.1) is 0 Å². The molecule has 2 fully saturated rings. The summed E-state index contributed by atoms with van der Waals surface area (Å²) in [6.07, 6.45) is 1.61. The summed E-state index contributed by atoms with van der Waals surface area (Å²) >= 11 is 0. The topological polar surface area (TPSA) is 44.4 Å². The normalized spacial score (nSPS) is 25.9. The molecule has 2 heterocycles. The predicted octanol–water partition coefficient (Wildman–Crippen LogP) is 3.31. The van der Waals surface area contributed by atoms with Gasteiger partial charge in [0.2, 0.25) is 5.91 Å². The van der Waals surface area contributed by atoms with Gasteiger partial charge in [-0.2, -0.15) is 0 Å². The maximum atomic E-state index is 13.4. The first-order valence-electron chi connectivity index (χ1n) is 10.7. The minimum Gasteiger partial charge on any atom is -0.322 e. The van der Waals surface area contributed by atoms with E-state index in [0.717, 1.165) is 12.8 Å². The van der Waals surface area contributed by atoms with Crippen LogP contribution < -0.4 is 10.6 Å². The molecule has 3 aromatic rings. The van der Waals surface area contributed by atoms with E-state index < -0.39 is 0 Å². The Morgan fingerprint density at radius 2 is 1.30 bits per heavy atom. The number of carbonyl (C=O) groups is 1. The van der Waals surface area contributed by atoms with Gasteiger partial charge in [-0.05, 0) is 29.5 Å². The third-order valence-electron chi connectivity index (χ3n) is 6.25. The molecule has 3 aromatic carbocycles. The first kappa shape index (κ1) is 19.0. The van der Waals surface area contributed by atoms with Gasteiger partial charge < -0.3 is 10.2 Å². The second-order valence-corrected chi connectivity index (χ2v) is 8.27. The molecule has 152 valence electrons. The summed E-state index contributed by atoms with van der Waals surface area (Å²) in [5, 5.41) is 7.49. The fourth-order valence-corrected chi connectivity index (χ4v) is 4.76. The van der Waals surface area contributed by atoms with E-state index in [-0.39, 0.29) is 30.2 Å². The summed E-state index contributed by atoms with van der Waals surface area (Å²) in [6.45, 7) is 0.692. The van der Waals surface area contributed by atoms with Crippen molar-refractivity contribution in [2.24, 2.45) is 0 Å². The molecule has 2 saturated heterocycles. The van der Waals surface area contributed by atoms with E-state index in [1.54, 1.807) is 0 Å². The number of rotatable bonds is 5. The highest BCUT2D eigenvalue weighted by molar-refractivity contribution is 5.85. The zero-order chi connectivity index (χ0) is 20.3. The fourth-order valence-electron chi connectivity index (χ4n) is 4.76. The van der Waals surface area contributed by atoms with Crippen LogP contribution in [0.5, 0.6) is 0 Å². The smallest absolute Gasteiger partial charge is 0.241 e. The maximum Gasteiger partial charge on any atom is 0.241 e. The van der Waals surface area contributed by atoms with Crippen molar-refractivity contribution in [3.05, 3.63) is 108 Å². The SMILES string of the molecule is O=C1C(Cc2ccccc2)NC2C(Cc3ccccc3)NC(c3ccccc3)CN12. The zero-order valence-corrected chi connectivity index (χ0v) is 16.9. The quantitative estimate of drug-likeness (QED) is 0.694. The van der Waals surface area contributed by atoms with Gasteiger partial charge in [0, 0.05) is 12.6 Å². The first-order chi connectivity index (χ1) is 14.8. The number of fused-ring (bicyclic) bond motifs is 1. The van der Waals surface area contributed by atoms with Crippen molar-refractivity contribution in [1.82, 2.24) is 15.5 Å². The lowest BCUT2D eigenvalue weighted by Crippen LogP contribution is -2.61. The number of nitrogens with one attached hydrogen (secondary N) is 2. The van der Waals surface area contributed by atoms with Crippen molar-refractivity contribution in [1.29, 1.82) is 0 Å². The van der Waals surface area contributed by atoms with Gasteiger partial charge in [0.15, 0.2) is 0 Å². The summed E-state index contributed by atoms with van der Waals surface area (Å²) in [4.78, 5) is 15.4. The molecule has 4 unspecified atom stereocenters. The van der Waals surface area contributed by atoms with E-state index in [2.05, 4.69) is 76.2 Å². The van der Waals surface area contributed by atoms with E-state index in [4.69, 9.17) is 0 Å². The minimum absolute atomic E-state index is 0.00591. The summed E-state index contributed by atoms with van der Waals surface area (Å²) in [5.74, 6) is 0.212. The molecule has 0 aliphatic carbocycles. The largest absolute Gasteiger partial charge is 0.322 e. The van der Waals surface area contributed by atoms with E-state index in [1.165, 1.54) is 16.7 Å². The number of hydrogen-bond donors (Lipinski definition) is 2. The van der Waals surface area contributed by atoms with Crippen molar-refractivity contribution >= 4 is 5.91 Å². The van der Waals surface area contributed by atoms with Crippen LogP contribution in [-0.4, -0.2) is 35.6 Å². The van der Waals surface area contributed by atoms with Crippen LogP contribution >= 0.6 is 0 Å². The van der Waals surface area contributed by atoms with Crippen LogP contribution in [0.3, 0.4) is 0 Å². The van der Waals surface area contributed by atoms with Crippen molar-refractivity contribution < 1.29 is 4.79 Å². The Hall–Kier alpha value is -2.95. The van der Waals surface area contributed by atoms with Crippen molar-refractivity contribution in [2.45, 2.75) is 37.1 Å². The molecule has 30 heavy (non-hydrogen) atoms. The zero-order valence-electron chi connectivity index (χ0n) is 16.9. The molecule has 2 aliphatic rings. The minimum atomic E-state index is -0.174. The number of amides is 1. The van der Waals surface area contributed by atoms with Crippen LogP contribution in [-0.2, 0) is 17.6 Å². The first-order valence-corrected chi connectivity index (χ1v) is 10.7. The molecule has 4 nitrogen and oxygen atoms in total. The van der Waals surface area contributed by atoms with Gasteiger partial charge in [-0.25, -0.2) is 0 Å². The number of nitrogens with zero attached hydrogens (tertiary/aromatic N) is 1. The average Bonchev–Trinajstić information content (AvgIpc) is 3.11. The monoisotopic (exact) mass is 397 g/mol. The Morgan fingerprint density at radius 1 is 0.733 bits per heavy atom. The van der Waals surface area contributed by atoms with Crippen LogP contribution in [0.25, 0.3) is 0 Å². The Bertz CT molecular complexity index is 977. The second-order valence-electron chi connectivity index (χ2n) is 8.27. The van der Waals surface area contributed by atoms with Crippen molar-refractivity contribution in [3.8, 4) is 0 Å². The summed E-state index contributed by atoms with van der Waals surface area (Å²) in [6, 6.07) is 31.4. The molecule has 1 amide bonds. The van der Waals surface area contributed by atoms with Gasteiger partial charge >= 0.3 is 0 Å². The number of carbonyl (C=O) groups excluding carboxylic acids is 1. The predicted molar refractivity (Wildman–Crippen MR) is 119 cm³/mol. The summed E-state index contributed by atoms with van der Waals surface area (Å²) < 4.78 is 0. The van der Waals surface area contributed by atoms with Gasteiger partial charge in [0.1, 0.15) is 0 Å². The van der Waals surface area contributed by atoms with Crippen LogP contribution in [0.4, 0.5) is 0 Å². The third-order valence-corrected chi connectivity index (χ3v) is 6.25. The van der Waals surface area contributed by atoms with Crippen LogP contribution in [0.1, 0.15) is 22.7 Å². The number of piperazine rings is 1. The maximum absolute atomic E-state index is 13.4. The van der Waals surface area contributed by atoms with Gasteiger partial charge in [0.05, 0.1) is 18.2 Å². The number of benzene rings is 3. The van der Waals surface area contributed by atoms with Gasteiger partial charge in [-0.15, -0.1) is 0 Å². The molecule has 0 bridgehead atoms. The third kappa shape index (κ3) is 3.89. The van der Waals surface area contributed by atoms with Crippen molar-refractivity contribution in [2.75, 3.05) is 6.54 Å². The Labute approximate surface area is 177 Å². The molecule has 4 atom stereocenters. The molecule has 4 heteroatoms. The molecule has 5 rings (SSSR count). The fraction of sp³-hybridized carbons (Fsp3) is 0.269. The molecular weight excluding hydrogens is 370 g/mol. The van der Waals surface area contributed by atoms with E-state index in [9.17, 15) is 4.79 Å². The summed E-state index contributed by atoms with van der Waals surface area (Å²) in [7, 11) is 0.